The SMILES string of the molecule is Cc1cc(C(c2ccco2)c2cc(C)c(O)c(C)c2C)c(C)c(C)c1O. The minimum absolute atomic E-state index is 0.0963. The second kappa shape index (κ2) is 6.56. The third-order valence-corrected chi connectivity index (χ3v) is 5.64. The van der Waals surface area contributed by atoms with Crippen molar-refractivity contribution in [2.75, 3.05) is 0 Å². The van der Waals surface area contributed by atoms with Gasteiger partial charge in [0, 0.05) is 0 Å². The highest BCUT2D eigenvalue weighted by Gasteiger charge is 2.26. The molecule has 0 amide bonds. The molecule has 0 aliphatic heterocycles. The van der Waals surface area contributed by atoms with E-state index in [1.54, 1.807) is 6.26 Å². The van der Waals surface area contributed by atoms with Crippen LogP contribution >= 0.6 is 0 Å². The standard InChI is InChI=1S/C23H26O3/c1-12-10-18(14(3)16(5)22(12)24)21(20-8-7-9-26-20)19-11-13(2)23(25)17(6)15(19)4/h7-11,21,24-25H,1-6H3. The number of aromatic hydroxyl groups is 2. The molecule has 3 rings (SSSR count). The van der Waals surface area contributed by atoms with Crippen molar-refractivity contribution >= 4 is 0 Å². The van der Waals surface area contributed by atoms with Crippen molar-refractivity contribution in [1.82, 2.24) is 0 Å². The van der Waals surface area contributed by atoms with Crippen molar-refractivity contribution in [3.63, 3.8) is 0 Å². The molecule has 0 aliphatic rings. The Balaban J connectivity index is 2.35. The van der Waals surface area contributed by atoms with Crippen LogP contribution in [0.1, 0.15) is 56.2 Å². The first-order chi connectivity index (χ1) is 12.2. The normalized spacial score (nSPS) is 11.3. The van der Waals surface area contributed by atoms with Gasteiger partial charge in [-0.1, -0.05) is 12.1 Å². The molecular formula is C23H26O3. The molecule has 0 bridgehead atoms. The molecular weight excluding hydrogens is 324 g/mol. The van der Waals surface area contributed by atoms with Crippen molar-refractivity contribution in [2.24, 2.45) is 0 Å². The number of aryl methyl sites for hydroxylation is 2. The molecule has 3 nitrogen and oxygen atoms in total. The molecule has 0 fully saturated rings. The van der Waals surface area contributed by atoms with Gasteiger partial charge in [0.1, 0.15) is 17.3 Å². The molecule has 0 atom stereocenters. The van der Waals surface area contributed by atoms with Crippen LogP contribution in [0.3, 0.4) is 0 Å². The first kappa shape index (κ1) is 18.1. The van der Waals surface area contributed by atoms with E-state index in [1.165, 1.54) is 0 Å². The zero-order chi connectivity index (χ0) is 19.2. The summed E-state index contributed by atoms with van der Waals surface area (Å²) in [5.41, 5.74) is 7.81. The van der Waals surface area contributed by atoms with E-state index >= 15 is 0 Å². The summed E-state index contributed by atoms with van der Waals surface area (Å²) >= 11 is 0. The quantitative estimate of drug-likeness (QED) is 0.635. The molecule has 0 unspecified atom stereocenters. The number of hydrogen-bond donors (Lipinski definition) is 2. The van der Waals surface area contributed by atoms with Crippen LogP contribution < -0.4 is 0 Å². The average molecular weight is 350 g/mol. The molecule has 0 saturated carbocycles. The molecule has 1 heterocycles. The third kappa shape index (κ3) is 2.78. The zero-order valence-electron chi connectivity index (χ0n) is 16.3. The lowest BCUT2D eigenvalue weighted by Crippen LogP contribution is -2.09. The van der Waals surface area contributed by atoms with Crippen LogP contribution in [0, 0.1) is 41.5 Å². The summed E-state index contributed by atoms with van der Waals surface area (Å²) in [5.74, 6) is 1.45. The third-order valence-electron chi connectivity index (χ3n) is 5.64. The van der Waals surface area contributed by atoms with Crippen LogP contribution in [-0.4, -0.2) is 10.2 Å². The molecule has 0 spiro atoms. The van der Waals surface area contributed by atoms with Crippen LogP contribution in [0.2, 0.25) is 0 Å². The fourth-order valence-corrected chi connectivity index (χ4v) is 3.73. The summed E-state index contributed by atoms with van der Waals surface area (Å²) < 4.78 is 5.81. The summed E-state index contributed by atoms with van der Waals surface area (Å²) in [6, 6.07) is 7.97. The predicted octanol–water partition coefficient (Wildman–Crippen LogP) is 5.72. The molecule has 3 heteroatoms. The summed E-state index contributed by atoms with van der Waals surface area (Å²) in [6.07, 6.45) is 1.69. The number of furan rings is 1. The lowest BCUT2D eigenvalue weighted by atomic mass is 9.80. The smallest absolute Gasteiger partial charge is 0.121 e. The maximum atomic E-state index is 10.3. The molecule has 0 radical (unpaired) electrons. The number of phenolic OH excluding ortho intramolecular Hbond substituents is 2. The molecule has 1 aromatic heterocycles. The fourth-order valence-electron chi connectivity index (χ4n) is 3.73. The average Bonchev–Trinajstić information content (AvgIpc) is 3.14. The number of hydrogen-bond acceptors (Lipinski definition) is 3. The largest absolute Gasteiger partial charge is 0.507 e. The van der Waals surface area contributed by atoms with Crippen molar-refractivity contribution < 1.29 is 14.6 Å². The topological polar surface area (TPSA) is 53.6 Å². The minimum Gasteiger partial charge on any atom is -0.507 e. The Hall–Kier alpha value is -2.68. The minimum atomic E-state index is -0.0963. The predicted molar refractivity (Wildman–Crippen MR) is 104 cm³/mol. The van der Waals surface area contributed by atoms with Gasteiger partial charge < -0.3 is 14.6 Å². The van der Waals surface area contributed by atoms with Crippen LogP contribution in [0.25, 0.3) is 0 Å². The first-order valence-electron chi connectivity index (χ1n) is 8.86. The van der Waals surface area contributed by atoms with Crippen molar-refractivity contribution in [1.29, 1.82) is 0 Å². The summed E-state index contributed by atoms with van der Waals surface area (Å²) in [7, 11) is 0. The second-order valence-electron chi connectivity index (χ2n) is 7.21. The Kier molecular flexibility index (Phi) is 4.57. The maximum Gasteiger partial charge on any atom is 0.121 e. The first-order valence-corrected chi connectivity index (χ1v) is 8.86. The Bertz CT molecular complexity index is 903. The monoisotopic (exact) mass is 350 g/mol. The Morgan fingerprint density at radius 1 is 0.731 bits per heavy atom. The summed E-state index contributed by atoms with van der Waals surface area (Å²) in [6.45, 7) is 11.8. The van der Waals surface area contributed by atoms with Crippen LogP contribution in [0.4, 0.5) is 0 Å². The highest BCUT2D eigenvalue weighted by molar-refractivity contribution is 5.57. The highest BCUT2D eigenvalue weighted by atomic mass is 16.3. The van der Waals surface area contributed by atoms with Crippen molar-refractivity contribution in [2.45, 2.75) is 47.5 Å². The fraction of sp³-hybridized carbons (Fsp3) is 0.304. The van der Waals surface area contributed by atoms with E-state index in [1.807, 2.05) is 65.8 Å². The number of phenols is 2. The van der Waals surface area contributed by atoms with E-state index in [2.05, 4.69) is 0 Å². The molecule has 0 saturated heterocycles. The van der Waals surface area contributed by atoms with E-state index in [-0.39, 0.29) is 5.92 Å². The van der Waals surface area contributed by atoms with E-state index in [9.17, 15) is 10.2 Å². The van der Waals surface area contributed by atoms with E-state index in [0.29, 0.717) is 11.5 Å². The molecule has 26 heavy (non-hydrogen) atoms. The Morgan fingerprint density at radius 3 is 1.58 bits per heavy atom. The lowest BCUT2D eigenvalue weighted by molar-refractivity contribution is 0.464. The molecule has 0 aliphatic carbocycles. The van der Waals surface area contributed by atoms with E-state index in [4.69, 9.17) is 4.42 Å². The molecule has 136 valence electrons. The Morgan fingerprint density at radius 2 is 1.19 bits per heavy atom. The Labute approximate surface area is 154 Å². The van der Waals surface area contributed by atoms with Gasteiger partial charge in [0.2, 0.25) is 0 Å². The van der Waals surface area contributed by atoms with Gasteiger partial charge in [-0.3, -0.25) is 0 Å². The van der Waals surface area contributed by atoms with Crippen molar-refractivity contribution in [3.8, 4) is 11.5 Å². The van der Waals surface area contributed by atoms with Gasteiger partial charge in [-0.05, 0) is 98.2 Å². The van der Waals surface area contributed by atoms with Gasteiger partial charge in [0.25, 0.3) is 0 Å². The second-order valence-corrected chi connectivity index (χ2v) is 7.21. The summed E-state index contributed by atoms with van der Waals surface area (Å²) in [5, 5.41) is 20.6. The van der Waals surface area contributed by atoms with Gasteiger partial charge in [-0.25, -0.2) is 0 Å². The van der Waals surface area contributed by atoms with E-state index in [0.717, 1.165) is 50.3 Å². The van der Waals surface area contributed by atoms with Gasteiger partial charge >= 0.3 is 0 Å². The van der Waals surface area contributed by atoms with Gasteiger partial charge in [0.15, 0.2) is 0 Å². The van der Waals surface area contributed by atoms with Crippen molar-refractivity contribution in [3.05, 3.63) is 80.8 Å². The molecule has 3 aromatic rings. The number of benzene rings is 2. The van der Waals surface area contributed by atoms with Gasteiger partial charge in [-0.15, -0.1) is 0 Å². The maximum absolute atomic E-state index is 10.3. The number of rotatable bonds is 3. The van der Waals surface area contributed by atoms with Gasteiger partial charge in [0.05, 0.1) is 12.2 Å². The van der Waals surface area contributed by atoms with Crippen LogP contribution in [0.5, 0.6) is 11.5 Å². The van der Waals surface area contributed by atoms with E-state index < -0.39 is 0 Å². The lowest BCUT2D eigenvalue weighted by Gasteiger charge is -2.24. The van der Waals surface area contributed by atoms with Gasteiger partial charge in [-0.2, -0.15) is 0 Å². The highest BCUT2D eigenvalue weighted by Crippen LogP contribution is 2.42. The molecule has 2 N–H and O–H groups in total. The zero-order valence-corrected chi connectivity index (χ0v) is 16.3. The van der Waals surface area contributed by atoms with Crippen LogP contribution in [0.15, 0.2) is 34.9 Å². The molecule has 2 aromatic carbocycles. The summed E-state index contributed by atoms with van der Waals surface area (Å²) in [4.78, 5) is 0. The van der Waals surface area contributed by atoms with Crippen LogP contribution in [-0.2, 0) is 0 Å².